The number of amides is 1. The van der Waals surface area contributed by atoms with Gasteiger partial charge in [-0.1, -0.05) is 6.92 Å². The SMILES string of the molecule is CCC1CN(C(=O)c2cc(C)c(OCC(=O)O)c(C)c2)CCS1. The van der Waals surface area contributed by atoms with Gasteiger partial charge in [-0.05, 0) is 43.5 Å². The zero-order chi connectivity index (χ0) is 17.0. The van der Waals surface area contributed by atoms with E-state index in [1.807, 2.05) is 30.5 Å². The molecule has 0 radical (unpaired) electrons. The highest BCUT2D eigenvalue weighted by Crippen LogP contribution is 2.27. The first-order chi connectivity index (χ1) is 10.9. The lowest BCUT2D eigenvalue weighted by Crippen LogP contribution is -2.41. The van der Waals surface area contributed by atoms with E-state index < -0.39 is 5.97 Å². The third kappa shape index (κ3) is 4.41. The van der Waals surface area contributed by atoms with Gasteiger partial charge in [0.2, 0.25) is 0 Å². The minimum absolute atomic E-state index is 0.0414. The second kappa shape index (κ2) is 7.73. The summed E-state index contributed by atoms with van der Waals surface area (Å²) in [5.41, 5.74) is 2.21. The summed E-state index contributed by atoms with van der Waals surface area (Å²) in [6.45, 7) is 7.00. The van der Waals surface area contributed by atoms with Crippen molar-refractivity contribution in [2.24, 2.45) is 0 Å². The molecule has 1 aromatic carbocycles. The summed E-state index contributed by atoms with van der Waals surface area (Å²) in [5.74, 6) is 0.548. The summed E-state index contributed by atoms with van der Waals surface area (Å²) < 4.78 is 5.32. The highest BCUT2D eigenvalue weighted by atomic mass is 32.2. The Hall–Kier alpha value is -1.69. The van der Waals surface area contributed by atoms with E-state index in [2.05, 4.69) is 6.92 Å². The van der Waals surface area contributed by atoms with Crippen molar-refractivity contribution in [1.29, 1.82) is 0 Å². The Bertz CT molecular complexity index is 579. The van der Waals surface area contributed by atoms with Crippen LogP contribution in [-0.2, 0) is 4.79 Å². The van der Waals surface area contributed by atoms with Gasteiger partial charge in [-0.15, -0.1) is 0 Å². The van der Waals surface area contributed by atoms with E-state index in [9.17, 15) is 9.59 Å². The molecule has 1 atom stereocenters. The molecule has 1 aliphatic heterocycles. The number of carbonyl (C=O) groups excluding carboxylic acids is 1. The van der Waals surface area contributed by atoms with E-state index in [-0.39, 0.29) is 12.5 Å². The molecule has 1 fully saturated rings. The lowest BCUT2D eigenvalue weighted by molar-refractivity contribution is -0.139. The van der Waals surface area contributed by atoms with Gasteiger partial charge < -0.3 is 14.7 Å². The van der Waals surface area contributed by atoms with E-state index in [1.165, 1.54) is 0 Å². The van der Waals surface area contributed by atoms with Gasteiger partial charge >= 0.3 is 5.97 Å². The van der Waals surface area contributed by atoms with Crippen molar-refractivity contribution in [2.75, 3.05) is 25.4 Å². The molecule has 0 bridgehead atoms. The number of carboxylic acids is 1. The molecule has 0 saturated carbocycles. The quantitative estimate of drug-likeness (QED) is 0.895. The number of thioether (sulfide) groups is 1. The Morgan fingerprint density at radius 1 is 1.35 bits per heavy atom. The fourth-order valence-electron chi connectivity index (χ4n) is 2.77. The van der Waals surface area contributed by atoms with Crippen molar-refractivity contribution in [2.45, 2.75) is 32.4 Å². The smallest absolute Gasteiger partial charge is 0.341 e. The van der Waals surface area contributed by atoms with Crippen molar-refractivity contribution < 1.29 is 19.4 Å². The first-order valence-corrected chi connectivity index (χ1v) is 8.84. The zero-order valence-corrected chi connectivity index (χ0v) is 14.6. The van der Waals surface area contributed by atoms with Crippen LogP contribution in [0.1, 0.15) is 34.8 Å². The molecular weight excluding hydrogens is 314 g/mol. The lowest BCUT2D eigenvalue weighted by Gasteiger charge is -2.32. The highest BCUT2D eigenvalue weighted by Gasteiger charge is 2.24. The predicted molar refractivity (Wildman–Crippen MR) is 91.5 cm³/mol. The van der Waals surface area contributed by atoms with E-state index in [0.717, 1.165) is 36.4 Å². The maximum absolute atomic E-state index is 12.7. The number of benzene rings is 1. The van der Waals surface area contributed by atoms with Crippen molar-refractivity contribution >= 4 is 23.6 Å². The molecule has 23 heavy (non-hydrogen) atoms. The van der Waals surface area contributed by atoms with Gasteiger partial charge in [-0.25, -0.2) is 4.79 Å². The van der Waals surface area contributed by atoms with Crippen LogP contribution in [-0.4, -0.2) is 52.6 Å². The van der Waals surface area contributed by atoms with Gasteiger partial charge in [0, 0.05) is 29.7 Å². The Morgan fingerprint density at radius 3 is 2.57 bits per heavy atom. The van der Waals surface area contributed by atoms with Crippen LogP contribution in [0.2, 0.25) is 0 Å². The molecule has 1 amide bonds. The summed E-state index contributed by atoms with van der Waals surface area (Å²) in [4.78, 5) is 25.3. The maximum atomic E-state index is 12.7. The molecular formula is C17H23NO4S. The molecule has 1 saturated heterocycles. The number of aryl methyl sites for hydroxylation is 2. The number of hydrogen-bond acceptors (Lipinski definition) is 4. The maximum Gasteiger partial charge on any atom is 0.341 e. The Labute approximate surface area is 141 Å². The highest BCUT2D eigenvalue weighted by molar-refractivity contribution is 8.00. The Kier molecular flexibility index (Phi) is 5.93. The van der Waals surface area contributed by atoms with E-state index >= 15 is 0 Å². The molecule has 0 spiro atoms. The largest absolute Gasteiger partial charge is 0.481 e. The monoisotopic (exact) mass is 337 g/mol. The minimum atomic E-state index is -1.01. The molecule has 1 heterocycles. The molecule has 0 aromatic heterocycles. The van der Waals surface area contributed by atoms with Crippen LogP contribution < -0.4 is 4.74 Å². The fourth-order valence-corrected chi connectivity index (χ4v) is 3.95. The average molecular weight is 337 g/mol. The molecule has 1 unspecified atom stereocenters. The van der Waals surface area contributed by atoms with Gasteiger partial charge in [-0.3, -0.25) is 4.79 Å². The molecule has 2 rings (SSSR count). The summed E-state index contributed by atoms with van der Waals surface area (Å²) >= 11 is 1.93. The third-order valence-electron chi connectivity index (χ3n) is 3.93. The fraction of sp³-hybridized carbons (Fsp3) is 0.529. The Balaban J connectivity index is 2.16. The van der Waals surface area contributed by atoms with Gasteiger partial charge in [0.25, 0.3) is 5.91 Å². The van der Waals surface area contributed by atoms with Crippen LogP contribution in [0, 0.1) is 13.8 Å². The number of hydrogen-bond donors (Lipinski definition) is 1. The topological polar surface area (TPSA) is 66.8 Å². The second-order valence-electron chi connectivity index (χ2n) is 5.77. The van der Waals surface area contributed by atoms with Crippen LogP contribution >= 0.6 is 11.8 Å². The minimum Gasteiger partial charge on any atom is -0.481 e. The standard InChI is InChI=1S/C17H23NO4S/c1-4-14-9-18(5-6-23-14)17(21)13-7-11(2)16(12(3)8-13)22-10-15(19)20/h7-8,14H,4-6,9-10H2,1-3H3,(H,19,20). The van der Waals surface area contributed by atoms with Crippen LogP contribution in [0.4, 0.5) is 0 Å². The zero-order valence-electron chi connectivity index (χ0n) is 13.8. The van der Waals surface area contributed by atoms with Gasteiger partial charge in [0.15, 0.2) is 6.61 Å². The van der Waals surface area contributed by atoms with Crippen molar-refractivity contribution in [1.82, 2.24) is 4.90 Å². The van der Waals surface area contributed by atoms with Crippen LogP contribution in [0.15, 0.2) is 12.1 Å². The van der Waals surface area contributed by atoms with Gasteiger partial charge in [0.05, 0.1) is 0 Å². The van der Waals surface area contributed by atoms with Crippen molar-refractivity contribution in [3.63, 3.8) is 0 Å². The van der Waals surface area contributed by atoms with Gasteiger partial charge in [0.1, 0.15) is 5.75 Å². The number of carbonyl (C=O) groups is 2. The van der Waals surface area contributed by atoms with Gasteiger partial charge in [-0.2, -0.15) is 11.8 Å². The first-order valence-electron chi connectivity index (χ1n) is 7.79. The number of ether oxygens (including phenoxy) is 1. The number of nitrogens with zero attached hydrogens (tertiary/aromatic N) is 1. The molecule has 126 valence electrons. The van der Waals surface area contributed by atoms with E-state index in [1.54, 1.807) is 12.1 Å². The normalized spacial score (nSPS) is 17.9. The average Bonchev–Trinajstić information content (AvgIpc) is 2.53. The van der Waals surface area contributed by atoms with Crippen molar-refractivity contribution in [3.8, 4) is 5.75 Å². The summed E-state index contributed by atoms with van der Waals surface area (Å²) in [7, 11) is 0. The van der Waals surface area contributed by atoms with Crippen LogP contribution in [0.3, 0.4) is 0 Å². The third-order valence-corrected chi connectivity index (χ3v) is 5.30. The van der Waals surface area contributed by atoms with Crippen LogP contribution in [0.5, 0.6) is 5.75 Å². The number of aliphatic carboxylic acids is 1. The molecule has 1 N–H and O–H groups in total. The molecule has 6 heteroatoms. The second-order valence-corrected chi connectivity index (χ2v) is 7.18. The van der Waals surface area contributed by atoms with Crippen LogP contribution in [0.25, 0.3) is 0 Å². The van der Waals surface area contributed by atoms with E-state index in [0.29, 0.717) is 16.6 Å². The summed E-state index contributed by atoms with van der Waals surface area (Å²) in [5, 5.41) is 9.24. The lowest BCUT2D eigenvalue weighted by atomic mass is 10.0. The first kappa shape index (κ1) is 17.7. The molecule has 1 aromatic rings. The predicted octanol–water partition coefficient (Wildman–Crippen LogP) is 2.73. The summed E-state index contributed by atoms with van der Waals surface area (Å²) in [6, 6.07) is 3.57. The van der Waals surface area contributed by atoms with Crippen molar-refractivity contribution in [3.05, 3.63) is 28.8 Å². The number of rotatable bonds is 5. The van der Waals surface area contributed by atoms with E-state index in [4.69, 9.17) is 9.84 Å². The Morgan fingerprint density at radius 2 is 2.00 bits per heavy atom. The summed E-state index contributed by atoms with van der Waals surface area (Å²) in [6.07, 6.45) is 1.06. The molecule has 1 aliphatic rings. The molecule has 0 aliphatic carbocycles. The molecule has 5 nitrogen and oxygen atoms in total. The number of carboxylic acid groups (broad SMARTS) is 1.